The zero-order valence-electron chi connectivity index (χ0n) is 14.7. The SMILES string of the molecule is O=C(NC(C(=O)NC1CCNC(=O)C1=O)C1CNC1)OCc1ccccc1. The Labute approximate surface area is 156 Å². The molecule has 4 N–H and O–H groups in total. The maximum Gasteiger partial charge on any atom is 0.408 e. The molecule has 0 saturated carbocycles. The number of ether oxygens (including phenoxy) is 1. The second-order valence-corrected chi connectivity index (χ2v) is 6.57. The van der Waals surface area contributed by atoms with Crippen LogP contribution in [-0.2, 0) is 25.7 Å². The van der Waals surface area contributed by atoms with Gasteiger partial charge in [-0.25, -0.2) is 4.79 Å². The first-order valence-electron chi connectivity index (χ1n) is 8.85. The van der Waals surface area contributed by atoms with Gasteiger partial charge in [0.05, 0.1) is 6.04 Å². The Morgan fingerprint density at radius 2 is 1.93 bits per heavy atom. The molecule has 2 unspecified atom stereocenters. The number of hydrogen-bond donors (Lipinski definition) is 4. The van der Waals surface area contributed by atoms with Gasteiger partial charge in [0.1, 0.15) is 12.6 Å². The second kappa shape index (κ2) is 8.63. The normalized spacial score (nSPS) is 20.8. The van der Waals surface area contributed by atoms with E-state index in [0.29, 0.717) is 26.1 Å². The molecule has 9 heteroatoms. The number of amides is 3. The minimum Gasteiger partial charge on any atom is -0.445 e. The number of Topliss-reactive ketones (excluding diaryl/α,β-unsaturated/α-hetero) is 1. The first-order chi connectivity index (χ1) is 13.0. The average Bonchev–Trinajstić information content (AvgIpc) is 2.62. The Morgan fingerprint density at radius 3 is 2.59 bits per heavy atom. The van der Waals surface area contributed by atoms with Crippen LogP contribution in [-0.4, -0.2) is 55.4 Å². The lowest BCUT2D eigenvalue weighted by Gasteiger charge is -2.35. The van der Waals surface area contributed by atoms with Gasteiger partial charge in [-0.15, -0.1) is 0 Å². The van der Waals surface area contributed by atoms with Crippen LogP contribution in [0, 0.1) is 5.92 Å². The number of piperidine rings is 1. The van der Waals surface area contributed by atoms with E-state index in [4.69, 9.17) is 4.74 Å². The molecule has 0 bridgehead atoms. The predicted molar refractivity (Wildman–Crippen MR) is 94.5 cm³/mol. The van der Waals surface area contributed by atoms with Crippen LogP contribution in [0.15, 0.2) is 30.3 Å². The van der Waals surface area contributed by atoms with Crippen molar-refractivity contribution < 1.29 is 23.9 Å². The molecule has 3 amide bonds. The van der Waals surface area contributed by atoms with Crippen molar-refractivity contribution in [3.8, 4) is 0 Å². The molecule has 2 fully saturated rings. The number of hydrogen-bond acceptors (Lipinski definition) is 6. The van der Waals surface area contributed by atoms with Crippen molar-refractivity contribution in [2.45, 2.75) is 25.1 Å². The number of nitrogens with one attached hydrogen (secondary N) is 4. The highest BCUT2D eigenvalue weighted by molar-refractivity contribution is 6.39. The van der Waals surface area contributed by atoms with Gasteiger partial charge in [-0.3, -0.25) is 14.4 Å². The van der Waals surface area contributed by atoms with Crippen molar-refractivity contribution in [1.29, 1.82) is 0 Å². The molecule has 2 saturated heterocycles. The van der Waals surface area contributed by atoms with E-state index in [2.05, 4.69) is 21.3 Å². The largest absolute Gasteiger partial charge is 0.445 e. The third kappa shape index (κ3) is 4.82. The van der Waals surface area contributed by atoms with Crippen molar-refractivity contribution in [3.05, 3.63) is 35.9 Å². The summed E-state index contributed by atoms with van der Waals surface area (Å²) in [4.78, 5) is 48.0. The van der Waals surface area contributed by atoms with Crippen molar-refractivity contribution in [3.63, 3.8) is 0 Å². The number of carbonyl (C=O) groups is 4. The summed E-state index contributed by atoms with van der Waals surface area (Å²) in [5.41, 5.74) is 0.831. The summed E-state index contributed by atoms with van der Waals surface area (Å²) in [6.07, 6.45) is -0.386. The lowest BCUT2D eigenvalue weighted by molar-refractivity contribution is -0.142. The molecule has 2 atom stereocenters. The van der Waals surface area contributed by atoms with Crippen molar-refractivity contribution >= 4 is 23.7 Å². The van der Waals surface area contributed by atoms with Gasteiger partial charge in [-0.2, -0.15) is 0 Å². The van der Waals surface area contributed by atoms with E-state index in [9.17, 15) is 19.2 Å². The Kier molecular flexibility index (Phi) is 6.02. The fourth-order valence-corrected chi connectivity index (χ4v) is 2.94. The first-order valence-corrected chi connectivity index (χ1v) is 8.85. The maximum atomic E-state index is 12.6. The molecule has 0 aliphatic carbocycles. The van der Waals surface area contributed by atoms with Gasteiger partial charge in [-0.1, -0.05) is 30.3 Å². The summed E-state index contributed by atoms with van der Waals surface area (Å²) >= 11 is 0. The van der Waals surface area contributed by atoms with E-state index < -0.39 is 35.8 Å². The molecule has 0 aromatic heterocycles. The van der Waals surface area contributed by atoms with E-state index in [-0.39, 0.29) is 12.5 Å². The van der Waals surface area contributed by atoms with Gasteiger partial charge in [0.15, 0.2) is 0 Å². The predicted octanol–water partition coefficient (Wildman–Crippen LogP) is -0.925. The van der Waals surface area contributed by atoms with Crippen LogP contribution < -0.4 is 21.3 Å². The average molecular weight is 374 g/mol. The molecule has 27 heavy (non-hydrogen) atoms. The highest BCUT2D eigenvalue weighted by Crippen LogP contribution is 2.12. The van der Waals surface area contributed by atoms with E-state index in [1.54, 1.807) is 0 Å². The first kappa shape index (κ1) is 18.8. The fraction of sp³-hybridized carbons (Fsp3) is 0.444. The number of rotatable bonds is 6. The molecule has 1 aromatic rings. The smallest absolute Gasteiger partial charge is 0.408 e. The molecule has 2 aliphatic rings. The molecule has 0 spiro atoms. The lowest BCUT2D eigenvalue weighted by atomic mass is 9.92. The Hall–Kier alpha value is -2.94. The van der Waals surface area contributed by atoms with Gasteiger partial charge in [0, 0.05) is 25.6 Å². The Morgan fingerprint density at radius 1 is 1.19 bits per heavy atom. The molecular weight excluding hydrogens is 352 g/mol. The zero-order valence-corrected chi connectivity index (χ0v) is 14.7. The number of ketones is 1. The molecule has 0 radical (unpaired) electrons. The quantitative estimate of drug-likeness (QED) is 0.477. The third-order valence-corrected chi connectivity index (χ3v) is 4.63. The standard InChI is InChI=1S/C18H22N4O5/c23-15-13(6-7-20-17(15)25)21-16(24)14(12-8-19-9-12)22-18(26)27-10-11-4-2-1-3-5-11/h1-5,12-14,19H,6-10H2,(H,20,25)(H,21,24)(H,22,26). The fourth-order valence-electron chi connectivity index (χ4n) is 2.94. The van der Waals surface area contributed by atoms with Gasteiger partial charge < -0.3 is 26.0 Å². The van der Waals surface area contributed by atoms with E-state index in [1.165, 1.54) is 0 Å². The molecule has 3 rings (SSSR count). The van der Waals surface area contributed by atoms with Crippen LogP contribution in [0.2, 0.25) is 0 Å². The van der Waals surface area contributed by atoms with Gasteiger partial charge in [0.25, 0.3) is 5.91 Å². The highest BCUT2D eigenvalue weighted by Gasteiger charge is 2.37. The molecular formula is C18H22N4O5. The van der Waals surface area contributed by atoms with Gasteiger partial charge >= 0.3 is 6.09 Å². The van der Waals surface area contributed by atoms with E-state index in [1.807, 2.05) is 30.3 Å². The van der Waals surface area contributed by atoms with Crippen LogP contribution in [0.1, 0.15) is 12.0 Å². The van der Waals surface area contributed by atoms with Crippen LogP contribution in [0.3, 0.4) is 0 Å². The molecule has 9 nitrogen and oxygen atoms in total. The topological polar surface area (TPSA) is 126 Å². The summed E-state index contributed by atoms with van der Waals surface area (Å²) in [6, 6.07) is 7.48. The summed E-state index contributed by atoms with van der Waals surface area (Å²) in [6.45, 7) is 1.54. The Bertz CT molecular complexity index is 720. The number of alkyl carbamates (subject to hydrolysis) is 1. The molecule has 2 heterocycles. The zero-order chi connectivity index (χ0) is 19.2. The summed E-state index contributed by atoms with van der Waals surface area (Å²) in [5, 5.41) is 10.6. The minimum absolute atomic E-state index is 0.0885. The van der Waals surface area contributed by atoms with Crippen LogP contribution in [0.25, 0.3) is 0 Å². The van der Waals surface area contributed by atoms with Crippen molar-refractivity contribution in [1.82, 2.24) is 21.3 Å². The summed E-state index contributed by atoms with van der Waals surface area (Å²) in [5.74, 6) is -1.98. The number of benzene rings is 1. The maximum absolute atomic E-state index is 12.6. The van der Waals surface area contributed by atoms with Crippen LogP contribution >= 0.6 is 0 Å². The van der Waals surface area contributed by atoms with E-state index in [0.717, 1.165) is 5.56 Å². The van der Waals surface area contributed by atoms with E-state index >= 15 is 0 Å². The summed E-state index contributed by atoms with van der Waals surface area (Å²) < 4.78 is 5.17. The lowest BCUT2D eigenvalue weighted by Crippen LogP contribution is -2.63. The van der Waals surface area contributed by atoms with Gasteiger partial charge in [-0.05, 0) is 12.0 Å². The van der Waals surface area contributed by atoms with Crippen molar-refractivity contribution in [2.24, 2.45) is 5.92 Å². The molecule has 2 aliphatic heterocycles. The second-order valence-electron chi connectivity index (χ2n) is 6.57. The van der Waals surface area contributed by atoms with Crippen LogP contribution in [0.4, 0.5) is 4.79 Å². The molecule has 1 aromatic carbocycles. The Balaban J connectivity index is 1.56. The minimum atomic E-state index is -0.871. The van der Waals surface area contributed by atoms with Gasteiger partial charge in [0.2, 0.25) is 11.7 Å². The number of carbonyl (C=O) groups excluding carboxylic acids is 4. The van der Waals surface area contributed by atoms with Crippen LogP contribution in [0.5, 0.6) is 0 Å². The molecule has 144 valence electrons. The monoisotopic (exact) mass is 374 g/mol. The highest BCUT2D eigenvalue weighted by atomic mass is 16.5. The summed E-state index contributed by atoms with van der Waals surface area (Å²) in [7, 11) is 0. The van der Waals surface area contributed by atoms with Crippen molar-refractivity contribution in [2.75, 3.05) is 19.6 Å². The third-order valence-electron chi connectivity index (χ3n) is 4.63.